The summed E-state index contributed by atoms with van der Waals surface area (Å²) in [5.41, 5.74) is 8.10. The van der Waals surface area contributed by atoms with Gasteiger partial charge in [0.15, 0.2) is 0 Å². The fourth-order valence-electron chi connectivity index (χ4n) is 4.03. The van der Waals surface area contributed by atoms with Crippen molar-refractivity contribution < 1.29 is 0 Å². The van der Waals surface area contributed by atoms with E-state index in [9.17, 15) is 0 Å². The molecule has 0 saturated heterocycles. The fourth-order valence-corrected chi connectivity index (χ4v) is 4.03. The van der Waals surface area contributed by atoms with Crippen LogP contribution in [0.25, 0.3) is 11.0 Å². The number of nitrogens with two attached hydrogens (primary N) is 1. The zero-order valence-electron chi connectivity index (χ0n) is 10.4. The van der Waals surface area contributed by atoms with Crippen molar-refractivity contribution in [1.29, 1.82) is 0 Å². The molecule has 2 bridgehead atoms. The van der Waals surface area contributed by atoms with Crippen LogP contribution in [0, 0.1) is 17.8 Å². The van der Waals surface area contributed by atoms with Crippen LogP contribution in [-0.2, 0) is 6.54 Å². The van der Waals surface area contributed by atoms with Gasteiger partial charge in [0.1, 0.15) is 5.52 Å². The van der Waals surface area contributed by atoms with Crippen molar-refractivity contribution in [2.45, 2.75) is 32.2 Å². The van der Waals surface area contributed by atoms with Gasteiger partial charge in [-0.3, -0.25) is 4.98 Å². The molecule has 4 nitrogen and oxygen atoms in total. The van der Waals surface area contributed by atoms with Crippen LogP contribution < -0.4 is 5.73 Å². The first-order valence-electron chi connectivity index (χ1n) is 6.87. The van der Waals surface area contributed by atoms with E-state index >= 15 is 0 Å². The minimum atomic E-state index is 0.640. The van der Waals surface area contributed by atoms with Crippen LogP contribution in [0.3, 0.4) is 0 Å². The topological polar surface area (TPSA) is 56.7 Å². The number of imidazole rings is 1. The first-order valence-corrected chi connectivity index (χ1v) is 6.87. The van der Waals surface area contributed by atoms with Crippen LogP contribution in [0.4, 0.5) is 5.95 Å². The van der Waals surface area contributed by atoms with Gasteiger partial charge in [0.05, 0.1) is 11.7 Å². The van der Waals surface area contributed by atoms with E-state index < -0.39 is 0 Å². The van der Waals surface area contributed by atoms with E-state index in [0.717, 1.165) is 35.3 Å². The lowest BCUT2D eigenvalue weighted by molar-refractivity contribution is 0.300. The van der Waals surface area contributed by atoms with Gasteiger partial charge in [0, 0.05) is 12.7 Å². The van der Waals surface area contributed by atoms with Crippen molar-refractivity contribution in [3.8, 4) is 0 Å². The van der Waals surface area contributed by atoms with Crippen LogP contribution in [0.15, 0.2) is 18.5 Å². The van der Waals surface area contributed by atoms with Gasteiger partial charge < -0.3 is 10.3 Å². The lowest BCUT2D eigenvalue weighted by atomic mass is 9.89. The normalized spacial score (nSPS) is 30.3. The van der Waals surface area contributed by atoms with Crippen molar-refractivity contribution in [2.75, 3.05) is 5.73 Å². The average Bonchev–Trinajstić information content (AvgIpc) is 3.05. The molecule has 2 aliphatic carbocycles. The van der Waals surface area contributed by atoms with Gasteiger partial charge in [-0.25, -0.2) is 4.98 Å². The minimum absolute atomic E-state index is 0.640. The first kappa shape index (κ1) is 10.4. The third-order valence-electron chi connectivity index (χ3n) is 4.88. The van der Waals surface area contributed by atoms with Crippen LogP contribution in [0.2, 0.25) is 0 Å². The Kier molecular flexibility index (Phi) is 2.13. The molecule has 4 rings (SSSR count). The smallest absolute Gasteiger partial charge is 0.201 e. The molecular weight excluding hydrogens is 224 g/mol. The molecule has 0 spiro atoms. The van der Waals surface area contributed by atoms with Crippen LogP contribution in [0.1, 0.15) is 25.7 Å². The maximum Gasteiger partial charge on any atom is 0.201 e. The van der Waals surface area contributed by atoms with E-state index in [2.05, 4.69) is 14.5 Å². The molecule has 0 aromatic carbocycles. The fraction of sp³-hybridized carbons (Fsp3) is 0.571. The van der Waals surface area contributed by atoms with Crippen LogP contribution >= 0.6 is 0 Å². The van der Waals surface area contributed by atoms with E-state index in [4.69, 9.17) is 5.73 Å². The lowest BCUT2D eigenvalue weighted by Gasteiger charge is -2.22. The molecule has 18 heavy (non-hydrogen) atoms. The Hall–Kier alpha value is -1.58. The summed E-state index contributed by atoms with van der Waals surface area (Å²) in [6.07, 6.45) is 9.31. The maximum atomic E-state index is 6.05. The quantitative estimate of drug-likeness (QED) is 0.880. The van der Waals surface area contributed by atoms with Crippen LogP contribution in [-0.4, -0.2) is 14.5 Å². The Bertz CT molecular complexity index is 588. The summed E-state index contributed by atoms with van der Waals surface area (Å²) in [5, 5.41) is 0. The summed E-state index contributed by atoms with van der Waals surface area (Å²) in [7, 11) is 0. The Morgan fingerprint density at radius 3 is 3.06 bits per heavy atom. The molecule has 2 saturated carbocycles. The molecule has 0 radical (unpaired) electrons. The molecule has 2 N–H and O–H groups in total. The van der Waals surface area contributed by atoms with E-state index in [1.807, 2.05) is 12.3 Å². The summed E-state index contributed by atoms with van der Waals surface area (Å²) in [4.78, 5) is 8.50. The second kappa shape index (κ2) is 3.70. The second-order valence-electron chi connectivity index (χ2n) is 5.88. The molecule has 2 heterocycles. The Balaban J connectivity index is 1.68. The highest BCUT2D eigenvalue weighted by Crippen LogP contribution is 2.49. The first-order chi connectivity index (χ1) is 8.81. The van der Waals surface area contributed by atoms with Gasteiger partial charge >= 0.3 is 0 Å². The van der Waals surface area contributed by atoms with Crippen LogP contribution in [0.5, 0.6) is 0 Å². The van der Waals surface area contributed by atoms with Gasteiger partial charge in [-0.2, -0.15) is 0 Å². The van der Waals surface area contributed by atoms with Crippen molar-refractivity contribution in [1.82, 2.24) is 14.5 Å². The van der Waals surface area contributed by atoms with Crippen molar-refractivity contribution in [3.63, 3.8) is 0 Å². The molecule has 2 aromatic rings. The summed E-state index contributed by atoms with van der Waals surface area (Å²) in [5.74, 6) is 3.35. The Morgan fingerprint density at radius 2 is 2.28 bits per heavy atom. The third-order valence-corrected chi connectivity index (χ3v) is 4.88. The molecule has 2 aromatic heterocycles. The highest BCUT2D eigenvalue weighted by molar-refractivity contribution is 5.77. The summed E-state index contributed by atoms with van der Waals surface area (Å²) >= 11 is 0. The van der Waals surface area contributed by atoms with Crippen molar-refractivity contribution in [3.05, 3.63) is 18.5 Å². The molecule has 0 aliphatic heterocycles. The second-order valence-corrected chi connectivity index (χ2v) is 5.88. The highest BCUT2D eigenvalue weighted by atomic mass is 15.2. The van der Waals surface area contributed by atoms with Crippen molar-refractivity contribution in [2.24, 2.45) is 17.8 Å². The molecule has 3 unspecified atom stereocenters. The maximum absolute atomic E-state index is 6.05. The Labute approximate surface area is 106 Å². The van der Waals surface area contributed by atoms with Gasteiger partial charge in [0.2, 0.25) is 5.95 Å². The Morgan fingerprint density at radius 1 is 1.33 bits per heavy atom. The number of anilines is 1. The summed E-state index contributed by atoms with van der Waals surface area (Å²) < 4.78 is 2.18. The number of aromatic nitrogens is 3. The lowest BCUT2D eigenvalue weighted by Crippen LogP contribution is -2.18. The van der Waals surface area contributed by atoms with Gasteiger partial charge in [0.25, 0.3) is 0 Å². The molecular formula is C14H18N4. The molecule has 0 amide bonds. The zero-order chi connectivity index (χ0) is 12.1. The molecule has 94 valence electrons. The number of rotatable bonds is 2. The predicted molar refractivity (Wildman–Crippen MR) is 70.9 cm³/mol. The summed E-state index contributed by atoms with van der Waals surface area (Å²) in [6.45, 7) is 1.04. The summed E-state index contributed by atoms with van der Waals surface area (Å²) in [6, 6.07) is 2.02. The molecule has 2 aliphatic rings. The van der Waals surface area contributed by atoms with Gasteiger partial charge in [-0.05, 0) is 43.1 Å². The van der Waals surface area contributed by atoms with Gasteiger partial charge in [-0.15, -0.1) is 0 Å². The average molecular weight is 242 g/mol. The molecule has 3 atom stereocenters. The van der Waals surface area contributed by atoms with Gasteiger partial charge in [-0.1, -0.05) is 6.42 Å². The monoisotopic (exact) mass is 242 g/mol. The predicted octanol–water partition coefficient (Wildman–Crippen LogP) is 2.45. The zero-order valence-corrected chi connectivity index (χ0v) is 10.4. The SMILES string of the molecule is Nc1nc2cnccc2n1CC1CC2CCC1C2. The molecule has 2 fully saturated rings. The van der Waals surface area contributed by atoms with E-state index in [0.29, 0.717) is 5.95 Å². The number of nitrogens with zero attached hydrogens (tertiary/aromatic N) is 3. The number of fused-ring (bicyclic) bond motifs is 3. The standard InChI is InChI=1S/C14H18N4/c15-14-17-12-7-16-4-3-13(12)18(14)8-11-6-9-1-2-10(11)5-9/h3-4,7,9-11H,1-2,5-6,8H2,(H2,15,17). The highest BCUT2D eigenvalue weighted by Gasteiger charge is 2.39. The number of hydrogen-bond acceptors (Lipinski definition) is 3. The largest absolute Gasteiger partial charge is 0.369 e. The number of pyridine rings is 1. The third kappa shape index (κ3) is 1.44. The van der Waals surface area contributed by atoms with E-state index in [-0.39, 0.29) is 0 Å². The van der Waals surface area contributed by atoms with E-state index in [1.165, 1.54) is 25.7 Å². The molecule has 4 heteroatoms. The number of hydrogen-bond donors (Lipinski definition) is 1. The van der Waals surface area contributed by atoms with E-state index in [1.54, 1.807) is 6.20 Å². The minimum Gasteiger partial charge on any atom is -0.369 e. The number of nitrogen functional groups attached to an aromatic ring is 1. The van der Waals surface area contributed by atoms with Crippen molar-refractivity contribution >= 4 is 17.0 Å².